The van der Waals surface area contributed by atoms with Crippen molar-refractivity contribution in [2.75, 3.05) is 0 Å². The van der Waals surface area contributed by atoms with Crippen LogP contribution in [-0.4, -0.2) is 16.0 Å². The molecule has 2 aromatic rings. The van der Waals surface area contributed by atoms with Crippen LogP contribution in [0.2, 0.25) is 0 Å². The molecule has 0 amide bonds. The van der Waals surface area contributed by atoms with Crippen LogP contribution in [0.4, 0.5) is 0 Å². The molecule has 0 N–H and O–H groups in total. The average Bonchev–Trinajstić information content (AvgIpc) is 2.49. The second-order valence-electron chi connectivity index (χ2n) is 4.88. The molecule has 0 unspecified atom stereocenters. The predicted molar refractivity (Wildman–Crippen MR) is 69.4 cm³/mol. The van der Waals surface area contributed by atoms with Gasteiger partial charge in [-0.3, -0.25) is 0 Å². The van der Waals surface area contributed by atoms with E-state index < -0.39 is 0 Å². The molecule has 0 aliphatic heterocycles. The molecular formula is C15H13Se. The predicted octanol–water partition coefficient (Wildman–Crippen LogP) is 2.79. The summed E-state index contributed by atoms with van der Waals surface area (Å²) < 4.78 is 1.22. The zero-order chi connectivity index (χ0) is 11.3. The van der Waals surface area contributed by atoms with E-state index in [1.54, 1.807) is 0 Å². The summed E-state index contributed by atoms with van der Waals surface area (Å²) >= 11 is 3.10. The van der Waals surface area contributed by atoms with Crippen molar-refractivity contribution >= 4 is 20.5 Å². The van der Waals surface area contributed by atoms with E-state index in [0.717, 1.165) is 0 Å². The Bertz CT molecular complexity index is 567. The Morgan fingerprint density at radius 1 is 0.875 bits per heavy atom. The van der Waals surface area contributed by atoms with Crippen molar-refractivity contribution in [3.63, 3.8) is 0 Å². The molecule has 16 heavy (non-hydrogen) atoms. The minimum absolute atomic E-state index is 0.131. The maximum absolute atomic E-state index is 3.10. The summed E-state index contributed by atoms with van der Waals surface area (Å²) in [6.45, 7) is 4.61. The van der Waals surface area contributed by atoms with Crippen LogP contribution in [0, 0.1) is 0 Å². The van der Waals surface area contributed by atoms with E-state index >= 15 is 0 Å². The first kappa shape index (κ1) is 10.1. The van der Waals surface area contributed by atoms with Gasteiger partial charge in [0.15, 0.2) is 0 Å². The standard InChI is InChI=1S/C15H13Se/c1-15(2)13-6-4-3-5-11(13)12-8-7-10(16)9-14(12)15/h3-9H,1-2H3. The number of hydrogen-bond donors (Lipinski definition) is 0. The fourth-order valence-corrected chi connectivity index (χ4v) is 3.07. The van der Waals surface area contributed by atoms with Crippen LogP contribution in [0.3, 0.4) is 0 Å². The van der Waals surface area contributed by atoms with Gasteiger partial charge in [0.25, 0.3) is 0 Å². The second-order valence-corrected chi connectivity index (χ2v) is 5.87. The molecule has 2 aromatic carbocycles. The zero-order valence-corrected chi connectivity index (χ0v) is 11.2. The van der Waals surface area contributed by atoms with E-state index in [4.69, 9.17) is 0 Å². The molecule has 0 heterocycles. The van der Waals surface area contributed by atoms with Crippen LogP contribution in [0.1, 0.15) is 25.0 Å². The van der Waals surface area contributed by atoms with Gasteiger partial charge < -0.3 is 0 Å². The average molecular weight is 272 g/mol. The molecule has 0 nitrogen and oxygen atoms in total. The Hall–Kier alpha value is -1.04. The van der Waals surface area contributed by atoms with Gasteiger partial charge in [-0.05, 0) is 0 Å². The van der Waals surface area contributed by atoms with Crippen LogP contribution < -0.4 is 4.46 Å². The Kier molecular flexibility index (Phi) is 2.04. The van der Waals surface area contributed by atoms with Crippen molar-refractivity contribution in [2.24, 2.45) is 0 Å². The number of rotatable bonds is 0. The Morgan fingerprint density at radius 3 is 2.38 bits per heavy atom. The van der Waals surface area contributed by atoms with Gasteiger partial charge in [0.1, 0.15) is 0 Å². The van der Waals surface area contributed by atoms with E-state index in [1.165, 1.54) is 26.7 Å². The van der Waals surface area contributed by atoms with Crippen LogP contribution in [0.15, 0.2) is 42.5 Å². The van der Waals surface area contributed by atoms with Crippen LogP contribution in [0.25, 0.3) is 11.1 Å². The van der Waals surface area contributed by atoms with Crippen LogP contribution in [-0.2, 0) is 5.41 Å². The first-order chi connectivity index (χ1) is 7.60. The van der Waals surface area contributed by atoms with Crippen molar-refractivity contribution in [1.82, 2.24) is 0 Å². The summed E-state index contributed by atoms with van der Waals surface area (Å²) in [4.78, 5) is 0. The van der Waals surface area contributed by atoms with Crippen LogP contribution in [0.5, 0.6) is 0 Å². The number of fused-ring (bicyclic) bond motifs is 3. The molecule has 0 bridgehead atoms. The topological polar surface area (TPSA) is 0 Å². The Balaban J connectivity index is 2.39. The van der Waals surface area contributed by atoms with Gasteiger partial charge >= 0.3 is 104 Å². The molecule has 1 radical (unpaired) electrons. The van der Waals surface area contributed by atoms with Crippen molar-refractivity contribution in [3.05, 3.63) is 53.6 Å². The summed E-state index contributed by atoms with van der Waals surface area (Å²) in [6.07, 6.45) is 0. The molecule has 1 aliphatic carbocycles. The molecule has 0 atom stereocenters. The third-order valence-electron chi connectivity index (χ3n) is 3.55. The number of benzene rings is 2. The molecule has 0 fully saturated rings. The van der Waals surface area contributed by atoms with Crippen LogP contribution >= 0.6 is 0 Å². The molecule has 0 saturated carbocycles. The van der Waals surface area contributed by atoms with Crippen molar-refractivity contribution in [3.8, 4) is 11.1 Å². The van der Waals surface area contributed by atoms with Gasteiger partial charge in [-0.25, -0.2) is 0 Å². The zero-order valence-electron chi connectivity index (χ0n) is 9.45. The molecule has 0 saturated heterocycles. The molecule has 0 aromatic heterocycles. The maximum atomic E-state index is 3.10. The fourth-order valence-electron chi connectivity index (χ4n) is 2.68. The van der Waals surface area contributed by atoms with Gasteiger partial charge in [-0.2, -0.15) is 0 Å². The Labute approximate surface area is 105 Å². The quantitative estimate of drug-likeness (QED) is 0.647. The molecular weight excluding hydrogens is 259 g/mol. The SMILES string of the molecule is CC1(C)c2ccccc2-c2ccc([Se])cc21. The van der Waals surface area contributed by atoms with Gasteiger partial charge in [0.05, 0.1) is 0 Å². The van der Waals surface area contributed by atoms with E-state index in [2.05, 4.69) is 72.3 Å². The van der Waals surface area contributed by atoms with E-state index in [-0.39, 0.29) is 5.41 Å². The van der Waals surface area contributed by atoms with Gasteiger partial charge in [-0.15, -0.1) is 0 Å². The summed E-state index contributed by atoms with van der Waals surface area (Å²) in [5.41, 5.74) is 5.79. The first-order valence-corrected chi connectivity index (χ1v) is 6.38. The summed E-state index contributed by atoms with van der Waals surface area (Å²) in [6, 6.07) is 15.4. The molecule has 0 spiro atoms. The number of hydrogen-bond acceptors (Lipinski definition) is 0. The minimum atomic E-state index is 0.131. The molecule has 1 aliphatic rings. The summed E-state index contributed by atoms with van der Waals surface area (Å²) in [5.74, 6) is 0. The normalized spacial score (nSPS) is 15.6. The van der Waals surface area contributed by atoms with E-state index in [0.29, 0.717) is 0 Å². The van der Waals surface area contributed by atoms with Gasteiger partial charge in [-0.1, -0.05) is 0 Å². The third-order valence-corrected chi connectivity index (χ3v) is 4.09. The Morgan fingerprint density at radius 2 is 1.56 bits per heavy atom. The summed E-state index contributed by atoms with van der Waals surface area (Å²) in [5, 5.41) is 0. The van der Waals surface area contributed by atoms with E-state index in [9.17, 15) is 0 Å². The van der Waals surface area contributed by atoms with Crippen molar-refractivity contribution in [2.45, 2.75) is 19.3 Å². The first-order valence-electron chi connectivity index (χ1n) is 5.52. The molecule has 79 valence electrons. The molecule has 3 rings (SSSR count). The molecule has 1 heteroatoms. The third kappa shape index (κ3) is 1.22. The van der Waals surface area contributed by atoms with E-state index in [1.807, 2.05) is 0 Å². The van der Waals surface area contributed by atoms with Crippen molar-refractivity contribution < 1.29 is 0 Å². The van der Waals surface area contributed by atoms with Gasteiger partial charge in [0.2, 0.25) is 0 Å². The van der Waals surface area contributed by atoms with Gasteiger partial charge in [0, 0.05) is 0 Å². The monoisotopic (exact) mass is 273 g/mol. The second kappa shape index (κ2) is 3.23. The summed E-state index contributed by atoms with van der Waals surface area (Å²) in [7, 11) is 0. The fraction of sp³-hybridized carbons (Fsp3) is 0.200. The van der Waals surface area contributed by atoms with Crippen molar-refractivity contribution in [1.29, 1.82) is 0 Å².